The molecule has 2 amide bonds. The van der Waals surface area contributed by atoms with E-state index in [1.165, 1.54) is 0 Å². The number of benzene rings is 2. The van der Waals surface area contributed by atoms with Crippen molar-refractivity contribution in [3.8, 4) is 11.5 Å². The molecule has 0 N–H and O–H groups in total. The molecule has 0 unspecified atom stereocenters. The number of hydrogen-bond acceptors (Lipinski definition) is 4. The standard InChI is InChI=1S/C28H35ClN2O4/c1-18(2)35-24-14-11-20(15-25(24)34-4)27-28(33)30(22-12-9-19(3)10-13-22)17-26(32)31(27)16-21-7-5-6-8-23(21)29/h5-8,11,14-15,18-19,22,27H,9-10,12-13,16-17H2,1-4H3/t19?,22?,27-/m0/s1. The van der Waals surface area contributed by atoms with Gasteiger partial charge in [-0.3, -0.25) is 9.59 Å². The zero-order valence-electron chi connectivity index (χ0n) is 21.0. The van der Waals surface area contributed by atoms with Crippen molar-refractivity contribution in [3.63, 3.8) is 0 Å². The Morgan fingerprint density at radius 1 is 1.03 bits per heavy atom. The maximum absolute atomic E-state index is 14.0. The van der Waals surface area contributed by atoms with Gasteiger partial charge in [-0.1, -0.05) is 42.8 Å². The van der Waals surface area contributed by atoms with Crippen LogP contribution in [0.1, 0.15) is 63.6 Å². The Kier molecular flexibility index (Phi) is 7.90. The average Bonchev–Trinajstić information content (AvgIpc) is 2.83. The Morgan fingerprint density at radius 2 is 1.74 bits per heavy atom. The van der Waals surface area contributed by atoms with Crippen molar-refractivity contribution in [3.05, 3.63) is 58.6 Å². The molecule has 2 fully saturated rings. The summed E-state index contributed by atoms with van der Waals surface area (Å²) in [4.78, 5) is 31.1. The highest BCUT2D eigenvalue weighted by atomic mass is 35.5. The monoisotopic (exact) mass is 498 g/mol. The molecule has 2 aromatic carbocycles. The normalized spacial score (nSPS) is 23.1. The molecule has 1 atom stereocenters. The second-order valence-corrected chi connectivity index (χ2v) is 10.4. The first kappa shape index (κ1) is 25.4. The van der Waals surface area contributed by atoms with Gasteiger partial charge in [0.05, 0.1) is 13.2 Å². The van der Waals surface area contributed by atoms with Gasteiger partial charge in [0.25, 0.3) is 5.91 Å². The Morgan fingerprint density at radius 3 is 2.40 bits per heavy atom. The number of amides is 2. The van der Waals surface area contributed by atoms with Crippen molar-refractivity contribution < 1.29 is 19.1 Å². The summed E-state index contributed by atoms with van der Waals surface area (Å²) in [5.74, 6) is 1.69. The Labute approximate surface area is 213 Å². The van der Waals surface area contributed by atoms with Gasteiger partial charge in [0.2, 0.25) is 5.91 Å². The van der Waals surface area contributed by atoms with Crippen LogP contribution < -0.4 is 9.47 Å². The third kappa shape index (κ3) is 5.58. The van der Waals surface area contributed by atoms with Crippen LogP contribution in [0.4, 0.5) is 0 Å². The third-order valence-electron chi connectivity index (χ3n) is 7.05. The van der Waals surface area contributed by atoms with E-state index in [1.807, 2.05) is 55.1 Å². The molecule has 0 bridgehead atoms. The van der Waals surface area contributed by atoms with Gasteiger partial charge in [-0.25, -0.2) is 0 Å². The van der Waals surface area contributed by atoms with Crippen LogP contribution in [0.15, 0.2) is 42.5 Å². The number of rotatable bonds is 7. The summed E-state index contributed by atoms with van der Waals surface area (Å²) in [7, 11) is 1.58. The summed E-state index contributed by atoms with van der Waals surface area (Å²) < 4.78 is 11.5. The molecule has 2 aliphatic rings. The molecular weight excluding hydrogens is 464 g/mol. The lowest BCUT2D eigenvalue weighted by Gasteiger charge is -2.45. The van der Waals surface area contributed by atoms with Gasteiger partial charge >= 0.3 is 0 Å². The van der Waals surface area contributed by atoms with E-state index in [9.17, 15) is 9.59 Å². The zero-order valence-corrected chi connectivity index (χ0v) is 21.8. The number of methoxy groups -OCH3 is 1. The topological polar surface area (TPSA) is 59.1 Å². The number of piperazine rings is 1. The zero-order chi connectivity index (χ0) is 25.1. The summed E-state index contributed by atoms with van der Waals surface area (Å²) in [5, 5.41) is 0.577. The molecule has 6 nitrogen and oxygen atoms in total. The highest BCUT2D eigenvalue weighted by Gasteiger charge is 2.43. The molecule has 2 aromatic rings. The SMILES string of the molecule is COc1cc([C@H]2C(=O)N(C3CCC(C)CC3)CC(=O)N2Cc2ccccc2Cl)ccc1OC(C)C. The average molecular weight is 499 g/mol. The smallest absolute Gasteiger partial charge is 0.250 e. The molecule has 7 heteroatoms. The minimum atomic E-state index is -0.756. The molecule has 0 aromatic heterocycles. The number of carbonyl (C=O) groups excluding carboxylic acids is 2. The molecule has 35 heavy (non-hydrogen) atoms. The number of ether oxygens (including phenoxy) is 2. The van der Waals surface area contributed by atoms with Crippen molar-refractivity contribution in [2.75, 3.05) is 13.7 Å². The van der Waals surface area contributed by atoms with Gasteiger partial charge in [0.15, 0.2) is 11.5 Å². The van der Waals surface area contributed by atoms with E-state index in [0.29, 0.717) is 28.0 Å². The Bertz CT molecular complexity index is 1060. The van der Waals surface area contributed by atoms with E-state index in [-0.39, 0.29) is 37.0 Å². The predicted molar refractivity (Wildman–Crippen MR) is 137 cm³/mol. The highest BCUT2D eigenvalue weighted by molar-refractivity contribution is 6.31. The van der Waals surface area contributed by atoms with Crippen molar-refractivity contribution >= 4 is 23.4 Å². The molecule has 1 heterocycles. The minimum Gasteiger partial charge on any atom is -0.493 e. The maximum Gasteiger partial charge on any atom is 0.250 e. The fourth-order valence-corrected chi connectivity index (χ4v) is 5.33. The summed E-state index contributed by atoms with van der Waals surface area (Å²) in [5.41, 5.74) is 1.52. The summed E-state index contributed by atoms with van der Waals surface area (Å²) in [6.07, 6.45) is 4.00. The first-order chi connectivity index (χ1) is 16.8. The number of hydrogen-bond donors (Lipinski definition) is 0. The van der Waals surface area contributed by atoms with Crippen molar-refractivity contribution in [1.82, 2.24) is 9.80 Å². The van der Waals surface area contributed by atoms with E-state index in [2.05, 4.69) is 6.92 Å². The molecule has 4 rings (SSSR count). The van der Waals surface area contributed by atoms with Crippen LogP contribution >= 0.6 is 11.6 Å². The van der Waals surface area contributed by atoms with E-state index in [1.54, 1.807) is 18.1 Å². The van der Waals surface area contributed by atoms with Crippen molar-refractivity contribution in [1.29, 1.82) is 0 Å². The minimum absolute atomic E-state index is 0.0199. The molecule has 0 spiro atoms. The maximum atomic E-state index is 14.0. The molecule has 1 saturated heterocycles. The highest BCUT2D eigenvalue weighted by Crippen LogP contribution is 2.38. The van der Waals surface area contributed by atoms with Crippen molar-refractivity contribution in [2.45, 2.75) is 71.2 Å². The van der Waals surface area contributed by atoms with Gasteiger partial charge in [-0.05, 0) is 74.8 Å². The summed E-state index contributed by atoms with van der Waals surface area (Å²) in [6.45, 7) is 6.51. The number of carbonyl (C=O) groups is 2. The number of halogens is 1. The molecule has 1 aliphatic carbocycles. The largest absolute Gasteiger partial charge is 0.493 e. The Hall–Kier alpha value is -2.73. The van der Waals surface area contributed by atoms with Crippen LogP contribution in [0.3, 0.4) is 0 Å². The lowest BCUT2D eigenvalue weighted by molar-refractivity contribution is -0.160. The third-order valence-corrected chi connectivity index (χ3v) is 7.41. The van der Waals surface area contributed by atoms with Crippen LogP contribution in [0.5, 0.6) is 11.5 Å². The van der Waals surface area contributed by atoms with Crippen LogP contribution in [0, 0.1) is 5.92 Å². The quantitative estimate of drug-likeness (QED) is 0.496. The first-order valence-corrected chi connectivity index (χ1v) is 12.8. The van der Waals surface area contributed by atoms with Gasteiger partial charge in [0, 0.05) is 17.6 Å². The van der Waals surface area contributed by atoms with Gasteiger partial charge in [-0.2, -0.15) is 0 Å². The first-order valence-electron chi connectivity index (χ1n) is 12.5. The predicted octanol–water partition coefficient (Wildman–Crippen LogP) is 5.63. The van der Waals surface area contributed by atoms with E-state index in [4.69, 9.17) is 21.1 Å². The number of nitrogens with zero attached hydrogens (tertiary/aromatic N) is 2. The van der Waals surface area contributed by atoms with Gasteiger partial charge in [-0.15, -0.1) is 0 Å². The molecule has 0 radical (unpaired) electrons. The summed E-state index contributed by atoms with van der Waals surface area (Å²) in [6, 6.07) is 12.3. The van der Waals surface area contributed by atoms with Crippen LogP contribution in [0.2, 0.25) is 5.02 Å². The van der Waals surface area contributed by atoms with E-state index in [0.717, 1.165) is 31.2 Å². The second-order valence-electron chi connectivity index (χ2n) is 9.97. The van der Waals surface area contributed by atoms with Crippen molar-refractivity contribution in [2.24, 2.45) is 5.92 Å². The summed E-state index contributed by atoms with van der Waals surface area (Å²) >= 11 is 6.43. The lowest BCUT2D eigenvalue weighted by atomic mass is 9.85. The molecule has 1 saturated carbocycles. The van der Waals surface area contributed by atoms with Gasteiger partial charge < -0.3 is 19.3 Å². The lowest BCUT2D eigenvalue weighted by Crippen LogP contribution is -2.58. The van der Waals surface area contributed by atoms with Crippen LogP contribution in [-0.2, 0) is 16.1 Å². The van der Waals surface area contributed by atoms with Gasteiger partial charge in [0.1, 0.15) is 12.6 Å². The second kappa shape index (κ2) is 10.9. The van der Waals surface area contributed by atoms with Crippen LogP contribution in [-0.4, -0.2) is 47.4 Å². The molecular formula is C28H35ClN2O4. The Balaban J connectivity index is 1.71. The fourth-order valence-electron chi connectivity index (χ4n) is 5.13. The molecule has 188 valence electrons. The van der Waals surface area contributed by atoms with E-state index < -0.39 is 6.04 Å². The molecule has 1 aliphatic heterocycles. The van der Waals surface area contributed by atoms with Crippen LogP contribution in [0.25, 0.3) is 0 Å². The van der Waals surface area contributed by atoms with E-state index >= 15 is 0 Å². The fraction of sp³-hybridized carbons (Fsp3) is 0.500.